The van der Waals surface area contributed by atoms with Gasteiger partial charge in [-0.3, -0.25) is 4.79 Å². The van der Waals surface area contributed by atoms with Crippen LogP contribution in [0.15, 0.2) is 53.0 Å². The number of rotatable bonds is 5. The molecule has 0 saturated carbocycles. The number of amides is 1. The van der Waals surface area contributed by atoms with Crippen molar-refractivity contribution in [2.45, 2.75) is 13.0 Å². The van der Waals surface area contributed by atoms with Crippen molar-refractivity contribution in [1.82, 2.24) is 0 Å². The standard InChI is InChI=1S/C17H16BrNO4/c1-11-7-8-13(9-14(11)18)19-15(20)10-23-17(22)16(21)12-5-3-2-4-6-12/h2-9,16,21H,10H2,1H3,(H,19,20)/t16-/m0/s1. The van der Waals surface area contributed by atoms with Crippen molar-refractivity contribution in [3.8, 4) is 0 Å². The van der Waals surface area contributed by atoms with Gasteiger partial charge in [-0.2, -0.15) is 0 Å². The minimum absolute atomic E-state index is 0.417. The smallest absolute Gasteiger partial charge is 0.340 e. The van der Waals surface area contributed by atoms with Gasteiger partial charge in [-0.25, -0.2) is 4.79 Å². The SMILES string of the molecule is Cc1ccc(NC(=O)COC(=O)[C@@H](O)c2ccccc2)cc1Br. The third-order valence-electron chi connectivity index (χ3n) is 3.14. The molecule has 6 heteroatoms. The van der Waals surface area contributed by atoms with E-state index in [1.807, 2.05) is 13.0 Å². The minimum Gasteiger partial charge on any atom is -0.453 e. The van der Waals surface area contributed by atoms with Gasteiger partial charge in [-0.05, 0) is 30.2 Å². The number of hydrogen-bond acceptors (Lipinski definition) is 4. The zero-order valence-corrected chi connectivity index (χ0v) is 14.0. The molecule has 0 aliphatic rings. The second-order valence-corrected chi connectivity index (χ2v) is 5.79. The summed E-state index contributed by atoms with van der Waals surface area (Å²) in [6.45, 7) is 1.47. The predicted octanol–water partition coefficient (Wildman–Crippen LogP) is 2.97. The quantitative estimate of drug-likeness (QED) is 0.785. The van der Waals surface area contributed by atoms with Crippen molar-refractivity contribution >= 4 is 33.5 Å². The minimum atomic E-state index is -1.41. The summed E-state index contributed by atoms with van der Waals surface area (Å²) in [7, 11) is 0. The van der Waals surface area contributed by atoms with Crippen LogP contribution in [0.5, 0.6) is 0 Å². The van der Waals surface area contributed by atoms with E-state index in [0.29, 0.717) is 11.3 Å². The third kappa shape index (κ3) is 4.91. The Morgan fingerprint density at radius 1 is 1.22 bits per heavy atom. The van der Waals surface area contributed by atoms with Crippen LogP contribution in [0.25, 0.3) is 0 Å². The number of carbonyl (C=O) groups is 2. The Balaban J connectivity index is 1.86. The van der Waals surface area contributed by atoms with Gasteiger partial charge in [0.25, 0.3) is 5.91 Å². The fourth-order valence-corrected chi connectivity index (χ4v) is 2.23. The number of hydrogen-bond donors (Lipinski definition) is 2. The molecule has 1 amide bonds. The molecule has 2 N–H and O–H groups in total. The van der Waals surface area contributed by atoms with Gasteiger partial charge in [0.05, 0.1) is 0 Å². The Labute approximate surface area is 142 Å². The Morgan fingerprint density at radius 2 is 1.91 bits per heavy atom. The first-order valence-electron chi connectivity index (χ1n) is 6.93. The summed E-state index contributed by atoms with van der Waals surface area (Å²) in [6, 6.07) is 13.7. The summed E-state index contributed by atoms with van der Waals surface area (Å²) in [4.78, 5) is 23.5. The first-order chi connectivity index (χ1) is 11.0. The molecule has 1 atom stereocenters. The summed E-state index contributed by atoms with van der Waals surface area (Å²) in [5, 5.41) is 12.5. The van der Waals surface area contributed by atoms with Crippen LogP contribution < -0.4 is 5.32 Å². The summed E-state index contributed by atoms with van der Waals surface area (Å²) in [5.41, 5.74) is 2.05. The van der Waals surface area contributed by atoms with Gasteiger partial charge >= 0.3 is 5.97 Å². The Hall–Kier alpha value is -2.18. The molecular formula is C17H16BrNO4. The molecule has 0 bridgehead atoms. The van der Waals surface area contributed by atoms with E-state index in [0.717, 1.165) is 10.0 Å². The van der Waals surface area contributed by atoms with Gasteiger partial charge < -0.3 is 15.2 Å². The fraction of sp³-hybridized carbons (Fsp3) is 0.176. The molecule has 0 spiro atoms. The Morgan fingerprint density at radius 3 is 2.57 bits per heavy atom. The van der Waals surface area contributed by atoms with Crippen molar-refractivity contribution < 1.29 is 19.4 Å². The number of carbonyl (C=O) groups excluding carboxylic acids is 2. The van der Waals surface area contributed by atoms with Crippen LogP contribution in [0.3, 0.4) is 0 Å². The lowest BCUT2D eigenvalue weighted by Crippen LogP contribution is -2.24. The van der Waals surface area contributed by atoms with E-state index >= 15 is 0 Å². The summed E-state index contributed by atoms with van der Waals surface area (Å²) < 4.78 is 5.70. The number of anilines is 1. The van der Waals surface area contributed by atoms with Gasteiger partial charge in [0.15, 0.2) is 12.7 Å². The number of halogens is 1. The van der Waals surface area contributed by atoms with Crippen molar-refractivity contribution in [3.05, 3.63) is 64.1 Å². The van der Waals surface area contributed by atoms with E-state index in [-0.39, 0.29) is 0 Å². The highest BCUT2D eigenvalue weighted by Crippen LogP contribution is 2.20. The average Bonchev–Trinajstić information content (AvgIpc) is 2.56. The van der Waals surface area contributed by atoms with E-state index in [1.54, 1.807) is 42.5 Å². The molecule has 0 aliphatic heterocycles. The van der Waals surface area contributed by atoms with Crippen LogP contribution in [0.4, 0.5) is 5.69 Å². The molecule has 2 aromatic rings. The van der Waals surface area contributed by atoms with Gasteiger partial charge in [0, 0.05) is 10.2 Å². The lowest BCUT2D eigenvalue weighted by molar-refractivity contribution is -0.156. The first-order valence-corrected chi connectivity index (χ1v) is 7.72. The molecule has 2 rings (SSSR count). The Kier molecular flexibility index (Phi) is 5.90. The van der Waals surface area contributed by atoms with E-state index in [4.69, 9.17) is 4.74 Å². The number of esters is 1. The molecule has 5 nitrogen and oxygen atoms in total. The zero-order chi connectivity index (χ0) is 16.8. The van der Waals surface area contributed by atoms with Crippen molar-refractivity contribution in [3.63, 3.8) is 0 Å². The molecule has 0 heterocycles. The number of benzene rings is 2. The molecule has 120 valence electrons. The average molecular weight is 378 g/mol. The topological polar surface area (TPSA) is 75.6 Å². The zero-order valence-electron chi connectivity index (χ0n) is 12.5. The summed E-state index contributed by atoms with van der Waals surface area (Å²) >= 11 is 3.37. The van der Waals surface area contributed by atoms with E-state index in [2.05, 4.69) is 21.2 Å². The van der Waals surface area contributed by atoms with Gasteiger partial charge in [0.2, 0.25) is 0 Å². The summed E-state index contributed by atoms with van der Waals surface area (Å²) in [6.07, 6.45) is -1.41. The maximum Gasteiger partial charge on any atom is 0.340 e. The molecule has 0 aliphatic carbocycles. The lowest BCUT2D eigenvalue weighted by atomic mass is 10.1. The highest BCUT2D eigenvalue weighted by molar-refractivity contribution is 9.10. The normalized spacial score (nSPS) is 11.6. The maximum atomic E-state index is 11.8. The Bertz CT molecular complexity index is 703. The monoisotopic (exact) mass is 377 g/mol. The van der Waals surface area contributed by atoms with Crippen LogP contribution >= 0.6 is 15.9 Å². The molecule has 0 fully saturated rings. The number of aliphatic hydroxyl groups is 1. The highest BCUT2D eigenvalue weighted by Gasteiger charge is 2.19. The van der Waals surface area contributed by atoms with Crippen molar-refractivity contribution in [1.29, 1.82) is 0 Å². The molecule has 2 aromatic carbocycles. The molecule has 23 heavy (non-hydrogen) atoms. The van der Waals surface area contributed by atoms with Gasteiger partial charge in [-0.1, -0.05) is 52.3 Å². The lowest BCUT2D eigenvalue weighted by Gasteiger charge is -2.11. The maximum absolute atomic E-state index is 11.8. The molecule has 0 aromatic heterocycles. The van der Waals surface area contributed by atoms with Crippen LogP contribution in [0.1, 0.15) is 17.2 Å². The van der Waals surface area contributed by atoms with Gasteiger partial charge in [0.1, 0.15) is 0 Å². The highest BCUT2D eigenvalue weighted by atomic mass is 79.9. The predicted molar refractivity (Wildman–Crippen MR) is 89.9 cm³/mol. The number of nitrogens with one attached hydrogen (secondary N) is 1. The van der Waals surface area contributed by atoms with E-state index in [1.165, 1.54) is 0 Å². The van der Waals surface area contributed by atoms with Crippen LogP contribution in [-0.4, -0.2) is 23.6 Å². The number of aryl methyl sites for hydroxylation is 1. The van der Waals surface area contributed by atoms with Crippen LogP contribution in [-0.2, 0) is 14.3 Å². The largest absolute Gasteiger partial charge is 0.453 e. The second-order valence-electron chi connectivity index (χ2n) is 4.93. The van der Waals surface area contributed by atoms with Crippen LogP contribution in [0, 0.1) is 6.92 Å². The van der Waals surface area contributed by atoms with E-state index in [9.17, 15) is 14.7 Å². The molecule has 0 unspecified atom stereocenters. The van der Waals surface area contributed by atoms with E-state index < -0.39 is 24.6 Å². The third-order valence-corrected chi connectivity index (χ3v) is 3.99. The number of ether oxygens (including phenoxy) is 1. The van der Waals surface area contributed by atoms with Crippen molar-refractivity contribution in [2.75, 3.05) is 11.9 Å². The van der Waals surface area contributed by atoms with Crippen molar-refractivity contribution in [2.24, 2.45) is 0 Å². The molecule has 0 saturated heterocycles. The van der Waals surface area contributed by atoms with Crippen LogP contribution in [0.2, 0.25) is 0 Å². The summed E-state index contributed by atoms with van der Waals surface area (Å²) in [5.74, 6) is -1.34. The first kappa shape index (κ1) is 17.2. The fourth-order valence-electron chi connectivity index (χ4n) is 1.85. The number of aliphatic hydroxyl groups excluding tert-OH is 1. The molecule has 0 radical (unpaired) electrons. The van der Waals surface area contributed by atoms with Gasteiger partial charge in [-0.15, -0.1) is 0 Å². The second kappa shape index (κ2) is 7.89. The molecular weight excluding hydrogens is 362 g/mol.